The lowest BCUT2D eigenvalue weighted by molar-refractivity contribution is -0.137. The molecule has 1 aliphatic rings. The van der Waals surface area contributed by atoms with E-state index in [9.17, 15) is 18.3 Å². The van der Waals surface area contributed by atoms with E-state index in [4.69, 9.17) is 0 Å². The van der Waals surface area contributed by atoms with Crippen molar-refractivity contribution in [3.63, 3.8) is 0 Å². The van der Waals surface area contributed by atoms with Crippen LogP contribution in [0.1, 0.15) is 36.6 Å². The topological polar surface area (TPSA) is 23.5 Å². The lowest BCUT2D eigenvalue weighted by atomic mass is 10.0. The van der Waals surface area contributed by atoms with Gasteiger partial charge in [-0.2, -0.15) is 13.2 Å². The van der Waals surface area contributed by atoms with Crippen LogP contribution in [0.25, 0.3) is 11.1 Å². The van der Waals surface area contributed by atoms with Gasteiger partial charge < -0.3 is 10.0 Å². The molecule has 3 rings (SSSR count). The number of nitrogens with zero attached hydrogens (tertiary/aromatic N) is 1. The van der Waals surface area contributed by atoms with Crippen LogP contribution in [0.2, 0.25) is 0 Å². The Bertz CT molecular complexity index is 718. The van der Waals surface area contributed by atoms with Gasteiger partial charge in [0.1, 0.15) is 10.8 Å². The number of piperidine rings is 1. The molecule has 130 valence electrons. The van der Waals surface area contributed by atoms with Crippen molar-refractivity contribution in [1.29, 1.82) is 0 Å². The summed E-state index contributed by atoms with van der Waals surface area (Å²) in [5.41, 5.74) is 0.289. The zero-order valence-corrected chi connectivity index (χ0v) is 14.3. The number of rotatable bonds is 3. The van der Waals surface area contributed by atoms with E-state index >= 15 is 0 Å². The molecule has 2 nitrogen and oxygen atoms in total. The monoisotopic (exact) mass is 355 g/mol. The maximum atomic E-state index is 13.0. The number of aryl methyl sites for hydroxylation is 1. The van der Waals surface area contributed by atoms with E-state index in [2.05, 4.69) is 4.90 Å². The van der Waals surface area contributed by atoms with Crippen LogP contribution in [0.15, 0.2) is 24.3 Å². The Morgan fingerprint density at radius 2 is 1.88 bits per heavy atom. The van der Waals surface area contributed by atoms with E-state index in [1.54, 1.807) is 6.07 Å². The molecule has 0 radical (unpaired) electrons. The molecule has 0 atom stereocenters. The van der Waals surface area contributed by atoms with Crippen LogP contribution in [0.3, 0.4) is 0 Å². The predicted octanol–water partition coefficient (Wildman–Crippen LogP) is 5.69. The number of halogens is 3. The van der Waals surface area contributed by atoms with Gasteiger partial charge in [0, 0.05) is 18.0 Å². The average molecular weight is 355 g/mol. The quantitative estimate of drug-likeness (QED) is 0.764. The Labute approximate surface area is 143 Å². The number of hydrogen-bond acceptors (Lipinski definition) is 3. The molecule has 0 bridgehead atoms. The molecule has 2 aromatic rings. The van der Waals surface area contributed by atoms with Gasteiger partial charge in [0.2, 0.25) is 0 Å². The highest BCUT2D eigenvalue weighted by Crippen LogP contribution is 2.49. The highest BCUT2D eigenvalue weighted by Gasteiger charge is 2.31. The molecule has 6 heteroatoms. The molecule has 1 fully saturated rings. The lowest BCUT2D eigenvalue weighted by Gasteiger charge is -2.28. The molecule has 1 saturated heterocycles. The van der Waals surface area contributed by atoms with Crippen LogP contribution in [0.5, 0.6) is 5.75 Å². The molecular weight excluding hydrogens is 335 g/mol. The fraction of sp³-hybridized carbons (Fsp3) is 0.444. The van der Waals surface area contributed by atoms with Gasteiger partial charge in [-0.1, -0.05) is 19.1 Å². The number of aromatic hydroxyl groups is 1. The molecule has 1 aromatic carbocycles. The summed E-state index contributed by atoms with van der Waals surface area (Å²) in [7, 11) is 0. The van der Waals surface area contributed by atoms with Crippen molar-refractivity contribution in [1.82, 2.24) is 0 Å². The summed E-state index contributed by atoms with van der Waals surface area (Å²) in [6.07, 6.45) is -0.408. The minimum atomic E-state index is -4.39. The highest BCUT2D eigenvalue weighted by atomic mass is 32.1. The Hall–Kier alpha value is -1.69. The largest absolute Gasteiger partial charge is 0.506 e. The molecule has 0 unspecified atom stereocenters. The summed E-state index contributed by atoms with van der Waals surface area (Å²) in [5.74, 6) is 0.127. The first kappa shape index (κ1) is 17.1. The molecule has 24 heavy (non-hydrogen) atoms. The molecule has 0 spiro atoms. The first-order chi connectivity index (χ1) is 11.4. The van der Waals surface area contributed by atoms with Crippen molar-refractivity contribution in [2.24, 2.45) is 0 Å². The van der Waals surface area contributed by atoms with E-state index in [0.717, 1.165) is 47.9 Å². The minimum Gasteiger partial charge on any atom is -0.506 e. The standard InChI is InChI=1S/C18H20F3NOS/c1-2-14-16(23)15(17(24-14)22-9-4-3-5-10-22)12-7-6-8-13(11-12)18(19,20)21/h6-8,11,23H,2-5,9-10H2,1H3. The van der Waals surface area contributed by atoms with E-state index in [1.165, 1.54) is 23.8 Å². The summed E-state index contributed by atoms with van der Waals surface area (Å²) in [6.45, 7) is 3.71. The van der Waals surface area contributed by atoms with Crippen molar-refractivity contribution in [2.45, 2.75) is 38.8 Å². The number of hydrogen-bond donors (Lipinski definition) is 1. The summed E-state index contributed by atoms with van der Waals surface area (Å²) in [5, 5.41) is 11.5. The van der Waals surface area contributed by atoms with Gasteiger partial charge in [-0.25, -0.2) is 0 Å². The van der Waals surface area contributed by atoms with Gasteiger partial charge in [0.15, 0.2) is 0 Å². The summed E-state index contributed by atoms with van der Waals surface area (Å²) in [6, 6.07) is 5.24. The number of alkyl halides is 3. The fourth-order valence-electron chi connectivity index (χ4n) is 3.13. The third-order valence-corrected chi connectivity index (χ3v) is 5.76. The maximum absolute atomic E-state index is 13.0. The van der Waals surface area contributed by atoms with Crippen molar-refractivity contribution >= 4 is 16.3 Å². The van der Waals surface area contributed by atoms with Crippen LogP contribution >= 0.6 is 11.3 Å². The Balaban J connectivity index is 2.11. The van der Waals surface area contributed by atoms with Crippen molar-refractivity contribution < 1.29 is 18.3 Å². The third kappa shape index (κ3) is 3.24. The van der Waals surface area contributed by atoms with Gasteiger partial charge in [-0.3, -0.25) is 0 Å². The normalized spacial score (nSPS) is 15.8. The molecule has 0 aliphatic carbocycles. The SMILES string of the molecule is CCc1sc(N2CCCCC2)c(-c2cccc(C(F)(F)F)c2)c1O. The van der Waals surface area contributed by atoms with E-state index in [1.807, 2.05) is 6.92 Å². The second-order valence-corrected chi connectivity index (χ2v) is 7.12. The number of thiophene rings is 1. The van der Waals surface area contributed by atoms with Gasteiger partial charge in [0.25, 0.3) is 0 Å². The molecule has 2 heterocycles. The molecule has 0 amide bonds. The van der Waals surface area contributed by atoms with Gasteiger partial charge in [0.05, 0.1) is 11.1 Å². The minimum absolute atomic E-state index is 0.127. The van der Waals surface area contributed by atoms with Crippen molar-refractivity contribution in [3.8, 4) is 16.9 Å². The van der Waals surface area contributed by atoms with Gasteiger partial charge in [-0.05, 0) is 43.4 Å². The molecule has 1 aliphatic heterocycles. The van der Waals surface area contributed by atoms with Crippen molar-refractivity contribution in [2.75, 3.05) is 18.0 Å². The number of benzene rings is 1. The summed E-state index contributed by atoms with van der Waals surface area (Å²) in [4.78, 5) is 3.02. The second-order valence-electron chi connectivity index (χ2n) is 6.03. The molecule has 1 N–H and O–H groups in total. The second kappa shape index (κ2) is 6.67. The maximum Gasteiger partial charge on any atom is 0.416 e. The zero-order chi connectivity index (χ0) is 17.3. The zero-order valence-electron chi connectivity index (χ0n) is 13.5. The molecule has 0 saturated carbocycles. The van der Waals surface area contributed by atoms with Crippen LogP contribution in [-0.4, -0.2) is 18.2 Å². The fourth-order valence-corrected chi connectivity index (χ4v) is 4.33. The van der Waals surface area contributed by atoms with Crippen LogP contribution in [-0.2, 0) is 12.6 Å². The molecule has 1 aromatic heterocycles. The Kier molecular flexibility index (Phi) is 4.76. The average Bonchev–Trinajstić information content (AvgIpc) is 2.91. The smallest absolute Gasteiger partial charge is 0.416 e. The van der Waals surface area contributed by atoms with E-state index in [0.29, 0.717) is 17.5 Å². The van der Waals surface area contributed by atoms with E-state index in [-0.39, 0.29) is 5.75 Å². The molecular formula is C18H20F3NOS. The van der Waals surface area contributed by atoms with Gasteiger partial charge in [-0.15, -0.1) is 11.3 Å². The van der Waals surface area contributed by atoms with Crippen molar-refractivity contribution in [3.05, 3.63) is 34.7 Å². The van der Waals surface area contributed by atoms with Crippen LogP contribution in [0.4, 0.5) is 18.2 Å². The first-order valence-corrected chi connectivity index (χ1v) is 9.00. The predicted molar refractivity (Wildman–Crippen MR) is 91.9 cm³/mol. The first-order valence-electron chi connectivity index (χ1n) is 8.19. The summed E-state index contributed by atoms with van der Waals surface area (Å²) >= 11 is 1.50. The van der Waals surface area contributed by atoms with Crippen LogP contribution < -0.4 is 4.90 Å². The van der Waals surface area contributed by atoms with E-state index < -0.39 is 11.7 Å². The highest BCUT2D eigenvalue weighted by molar-refractivity contribution is 7.17. The number of anilines is 1. The van der Waals surface area contributed by atoms with Crippen LogP contribution in [0, 0.1) is 0 Å². The Morgan fingerprint density at radius 1 is 1.17 bits per heavy atom. The Morgan fingerprint density at radius 3 is 2.50 bits per heavy atom. The lowest BCUT2D eigenvalue weighted by Crippen LogP contribution is -2.28. The van der Waals surface area contributed by atoms with Gasteiger partial charge >= 0.3 is 6.18 Å². The third-order valence-electron chi connectivity index (χ3n) is 4.38. The summed E-state index contributed by atoms with van der Waals surface area (Å²) < 4.78 is 39.1.